The van der Waals surface area contributed by atoms with Gasteiger partial charge in [-0.3, -0.25) is 19.2 Å². The molecule has 0 bridgehead atoms. The van der Waals surface area contributed by atoms with E-state index in [1.54, 1.807) is 13.8 Å². The molecule has 136 valence electrons. The summed E-state index contributed by atoms with van der Waals surface area (Å²) in [5.41, 5.74) is 0. The lowest BCUT2D eigenvalue weighted by atomic mass is 10.1. The number of hydrogen-bond acceptors (Lipinski definition) is 4. The number of rotatable bonds is 11. The molecule has 0 aliphatic rings. The van der Waals surface area contributed by atoms with Crippen LogP contribution in [0.25, 0.3) is 0 Å². The number of nitrogens with one attached hydrogen (secondary N) is 3. The van der Waals surface area contributed by atoms with Crippen molar-refractivity contribution in [2.24, 2.45) is 11.8 Å². The molecule has 0 spiro atoms. The fourth-order valence-corrected chi connectivity index (χ4v) is 1.52. The van der Waals surface area contributed by atoms with Crippen molar-refractivity contribution in [3.8, 4) is 0 Å². The number of hydrogen-bond donors (Lipinski definition) is 3. The van der Waals surface area contributed by atoms with Crippen molar-refractivity contribution in [2.45, 2.75) is 40.5 Å². The topological polar surface area (TPSA) is 104 Å². The molecule has 0 saturated carbocycles. The second-order valence-electron chi connectivity index (χ2n) is 6.23. The minimum atomic E-state index is -0.412. The lowest BCUT2D eigenvalue weighted by Gasteiger charge is -2.08. The number of carbonyl (C=O) groups excluding carboxylic acids is 4. The van der Waals surface area contributed by atoms with Crippen LogP contribution in [0.5, 0.6) is 0 Å². The summed E-state index contributed by atoms with van der Waals surface area (Å²) in [6.07, 6.45) is 2.74. The molecule has 0 radical (unpaired) electrons. The molecule has 0 aliphatic heterocycles. The molecule has 0 fully saturated rings. The predicted molar refractivity (Wildman–Crippen MR) is 92.1 cm³/mol. The largest absolute Gasteiger partial charge is 0.356 e. The van der Waals surface area contributed by atoms with E-state index < -0.39 is 5.91 Å². The van der Waals surface area contributed by atoms with Gasteiger partial charge in [-0.2, -0.15) is 0 Å². The minimum absolute atomic E-state index is 0.0998. The summed E-state index contributed by atoms with van der Waals surface area (Å²) in [4.78, 5) is 45.8. The van der Waals surface area contributed by atoms with Crippen LogP contribution in [0, 0.1) is 11.8 Å². The van der Waals surface area contributed by atoms with E-state index in [4.69, 9.17) is 0 Å². The second kappa shape index (κ2) is 12.3. The maximum absolute atomic E-state index is 11.6. The Bertz CT molecular complexity index is 470. The van der Waals surface area contributed by atoms with E-state index in [1.165, 1.54) is 12.2 Å². The first-order valence-corrected chi connectivity index (χ1v) is 8.25. The van der Waals surface area contributed by atoms with Gasteiger partial charge in [-0.15, -0.1) is 0 Å². The van der Waals surface area contributed by atoms with Crippen molar-refractivity contribution in [1.82, 2.24) is 16.0 Å². The van der Waals surface area contributed by atoms with Crippen LogP contribution < -0.4 is 16.0 Å². The Morgan fingerprint density at radius 1 is 0.792 bits per heavy atom. The van der Waals surface area contributed by atoms with E-state index in [1.807, 2.05) is 13.8 Å². The summed E-state index contributed by atoms with van der Waals surface area (Å²) in [6.45, 7) is 8.56. The van der Waals surface area contributed by atoms with Gasteiger partial charge in [0.15, 0.2) is 5.78 Å². The predicted octanol–water partition coefficient (Wildman–Crippen LogP) is 0.553. The van der Waals surface area contributed by atoms with Crippen LogP contribution in [-0.4, -0.2) is 43.1 Å². The lowest BCUT2D eigenvalue weighted by Crippen LogP contribution is -2.34. The third-order valence-electron chi connectivity index (χ3n) is 3.00. The third-order valence-corrected chi connectivity index (χ3v) is 3.00. The molecule has 0 heterocycles. The normalized spacial score (nSPS) is 10.9. The van der Waals surface area contributed by atoms with Gasteiger partial charge in [0.2, 0.25) is 17.7 Å². The van der Waals surface area contributed by atoms with Gasteiger partial charge < -0.3 is 16.0 Å². The van der Waals surface area contributed by atoms with Crippen LogP contribution in [0.1, 0.15) is 40.5 Å². The average molecular weight is 339 g/mol. The summed E-state index contributed by atoms with van der Waals surface area (Å²) in [7, 11) is 0. The smallest absolute Gasteiger partial charge is 0.244 e. The number of amides is 3. The van der Waals surface area contributed by atoms with Crippen molar-refractivity contribution in [1.29, 1.82) is 0 Å². The molecule has 0 atom stereocenters. The number of carbonyl (C=O) groups is 4. The number of ketones is 1. The van der Waals surface area contributed by atoms with Crippen LogP contribution in [0.15, 0.2) is 12.2 Å². The summed E-state index contributed by atoms with van der Waals surface area (Å²) in [5, 5.41) is 7.90. The first kappa shape index (κ1) is 21.8. The molecule has 3 N–H and O–H groups in total. The highest BCUT2D eigenvalue weighted by atomic mass is 16.2. The van der Waals surface area contributed by atoms with Gasteiger partial charge in [-0.25, -0.2) is 0 Å². The van der Waals surface area contributed by atoms with E-state index in [0.29, 0.717) is 12.5 Å². The molecular weight excluding hydrogens is 310 g/mol. The molecule has 3 amide bonds. The SMILES string of the molecule is CC(C)CNC(=O)CCNC(=O)CCNC(=O)/C=C/C(=O)C(C)C. The van der Waals surface area contributed by atoms with Crippen LogP contribution in [-0.2, 0) is 19.2 Å². The molecule has 0 aromatic carbocycles. The van der Waals surface area contributed by atoms with Crippen LogP contribution >= 0.6 is 0 Å². The van der Waals surface area contributed by atoms with Crippen LogP contribution in [0.3, 0.4) is 0 Å². The van der Waals surface area contributed by atoms with Gasteiger partial charge in [0.25, 0.3) is 0 Å². The fourth-order valence-electron chi connectivity index (χ4n) is 1.52. The zero-order valence-corrected chi connectivity index (χ0v) is 15.0. The van der Waals surface area contributed by atoms with Crippen molar-refractivity contribution in [2.75, 3.05) is 19.6 Å². The maximum Gasteiger partial charge on any atom is 0.244 e. The summed E-state index contributed by atoms with van der Waals surface area (Å²) < 4.78 is 0. The van der Waals surface area contributed by atoms with E-state index in [0.717, 1.165) is 0 Å². The molecule has 7 heteroatoms. The van der Waals surface area contributed by atoms with Crippen LogP contribution in [0.4, 0.5) is 0 Å². The Morgan fingerprint density at radius 2 is 1.33 bits per heavy atom. The van der Waals surface area contributed by atoms with Crippen LogP contribution in [0.2, 0.25) is 0 Å². The van der Waals surface area contributed by atoms with Crippen molar-refractivity contribution in [3.63, 3.8) is 0 Å². The first-order chi connectivity index (χ1) is 11.2. The first-order valence-electron chi connectivity index (χ1n) is 8.25. The van der Waals surface area contributed by atoms with Gasteiger partial charge >= 0.3 is 0 Å². The molecule has 0 saturated heterocycles. The maximum atomic E-state index is 11.6. The minimum Gasteiger partial charge on any atom is -0.356 e. The summed E-state index contributed by atoms with van der Waals surface area (Å²) >= 11 is 0. The quantitative estimate of drug-likeness (QED) is 0.478. The highest BCUT2D eigenvalue weighted by molar-refractivity contribution is 5.98. The van der Waals surface area contributed by atoms with Gasteiger partial charge in [0, 0.05) is 44.5 Å². The van der Waals surface area contributed by atoms with Gasteiger partial charge in [-0.1, -0.05) is 27.7 Å². The molecule has 0 rings (SSSR count). The highest BCUT2D eigenvalue weighted by Crippen LogP contribution is 1.94. The molecule has 7 nitrogen and oxygen atoms in total. The van der Waals surface area contributed by atoms with Gasteiger partial charge in [0.05, 0.1) is 0 Å². The average Bonchev–Trinajstić information content (AvgIpc) is 2.50. The Hall–Kier alpha value is -2.18. The van der Waals surface area contributed by atoms with E-state index in [9.17, 15) is 19.2 Å². The second-order valence-corrected chi connectivity index (χ2v) is 6.23. The van der Waals surface area contributed by atoms with E-state index >= 15 is 0 Å². The fraction of sp³-hybridized carbons (Fsp3) is 0.647. The summed E-state index contributed by atoms with van der Waals surface area (Å²) in [6, 6.07) is 0. The summed E-state index contributed by atoms with van der Waals surface area (Å²) in [5.74, 6) is -0.649. The number of allylic oxidation sites excluding steroid dienone is 1. The van der Waals surface area contributed by atoms with Crippen molar-refractivity contribution in [3.05, 3.63) is 12.2 Å². The Kier molecular flexibility index (Phi) is 11.2. The van der Waals surface area contributed by atoms with Crippen molar-refractivity contribution >= 4 is 23.5 Å². The van der Waals surface area contributed by atoms with E-state index in [-0.39, 0.29) is 49.4 Å². The Balaban J connectivity index is 3.78. The monoisotopic (exact) mass is 339 g/mol. The molecule has 0 unspecified atom stereocenters. The Morgan fingerprint density at radius 3 is 1.88 bits per heavy atom. The molecule has 0 aliphatic carbocycles. The highest BCUT2D eigenvalue weighted by Gasteiger charge is 2.06. The third kappa shape index (κ3) is 12.4. The zero-order valence-electron chi connectivity index (χ0n) is 15.0. The zero-order chi connectivity index (χ0) is 18.5. The van der Waals surface area contributed by atoms with E-state index in [2.05, 4.69) is 16.0 Å². The lowest BCUT2D eigenvalue weighted by molar-refractivity contribution is -0.122. The van der Waals surface area contributed by atoms with Crippen molar-refractivity contribution < 1.29 is 19.2 Å². The Labute approximate surface area is 143 Å². The molecular formula is C17H29N3O4. The van der Waals surface area contributed by atoms with Gasteiger partial charge in [-0.05, 0) is 12.0 Å². The van der Waals surface area contributed by atoms with Gasteiger partial charge in [0.1, 0.15) is 0 Å². The molecule has 0 aromatic heterocycles. The standard InChI is InChI=1S/C17H29N3O4/c1-12(2)11-20-17(24)8-10-19-16(23)7-9-18-15(22)6-5-14(21)13(3)4/h5-6,12-13H,7-11H2,1-4H3,(H,18,22)(H,19,23)(H,20,24)/b6-5+. The molecule has 0 aromatic rings. The molecule has 24 heavy (non-hydrogen) atoms.